The van der Waals surface area contributed by atoms with Gasteiger partial charge < -0.3 is 15.6 Å². The van der Waals surface area contributed by atoms with Crippen molar-refractivity contribution in [2.75, 3.05) is 13.1 Å². The molecule has 3 rings (SSSR count). The molecular formula is C15H19N3O. The number of benzene rings is 1. The van der Waals surface area contributed by atoms with Crippen molar-refractivity contribution < 1.29 is 4.79 Å². The number of carbonyl (C=O) groups is 1. The van der Waals surface area contributed by atoms with Crippen molar-refractivity contribution in [2.24, 2.45) is 0 Å². The number of hydrogen-bond donors (Lipinski definition) is 3. The quantitative estimate of drug-likeness (QED) is 0.771. The molecule has 1 amide bonds. The van der Waals surface area contributed by atoms with Crippen molar-refractivity contribution >= 4 is 16.8 Å². The fourth-order valence-corrected chi connectivity index (χ4v) is 2.68. The predicted molar refractivity (Wildman–Crippen MR) is 76.3 cm³/mol. The van der Waals surface area contributed by atoms with E-state index in [-0.39, 0.29) is 11.9 Å². The molecule has 1 saturated heterocycles. The predicted octanol–water partition coefficient (Wildman–Crippen LogP) is 2.04. The molecule has 1 aromatic carbocycles. The number of rotatable bonds is 2. The van der Waals surface area contributed by atoms with Gasteiger partial charge in [-0.15, -0.1) is 0 Å². The highest BCUT2D eigenvalue weighted by atomic mass is 16.1. The van der Waals surface area contributed by atoms with Gasteiger partial charge in [-0.25, -0.2) is 0 Å². The van der Waals surface area contributed by atoms with Crippen LogP contribution in [0.5, 0.6) is 0 Å². The minimum Gasteiger partial charge on any atom is -0.361 e. The Hall–Kier alpha value is -1.81. The average Bonchev–Trinajstić information content (AvgIpc) is 2.76. The molecule has 1 aromatic heterocycles. The van der Waals surface area contributed by atoms with Gasteiger partial charge >= 0.3 is 0 Å². The second-order valence-corrected chi connectivity index (χ2v) is 5.12. The van der Waals surface area contributed by atoms with Crippen molar-refractivity contribution in [2.45, 2.75) is 25.3 Å². The van der Waals surface area contributed by atoms with Gasteiger partial charge in [0.1, 0.15) is 0 Å². The SMILES string of the molecule is O=C(NC1CCCCNC1)c1cccc2cc[nH]c12. The number of carbonyl (C=O) groups excluding carboxylic acids is 1. The van der Waals surface area contributed by atoms with E-state index in [1.54, 1.807) is 0 Å². The number of para-hydroxylation sites is 1. The van der Waals surface area contributed by atoms with E-state index in [4.69, 9.17) is 0 Å². The zero-order chi connectivity index (χ0) is 13.1. The Morgan fingerprint density at radius 1 is 1.26 bits per heavy atom. The zero-order valence-corrected chi connectivity index (χ0v) is 10.9. The van der Waals surface area contributed by atoms with Crippen LogP contribution in [0.25, 0.3) is 10.9 Å². The molecule has 1 aliphatic rings. The van der Waals surface area contributed by atoms with Gasteiger partial charge in [0.15, 0.2) is 0 Å². The minimum atomic E-state index is 0.0155. The minimum absolute atomic E-state index is 0.0155. The standard InChI is InChI=1S/C15H19N3O/c19-15(18-12-5-1-2-8-16-10-12)13-6-3-4-11-7-9-17-14(11)13/h3-4,6-7,9,12,16-17H,1-2,5,8,10H2,(H,18,19). The summed E-state index contributed by atoms with van der Waals surface area (Å²) in [6, 6.07) is 8.03. The van der Waals surface area contributed by atoms with Crippen molar-refractivity contribution in [1.82, 2.24) is 15.6 Å². The summed E-state index contributed by atoms with van der Waals surface area (Å²) in [6.07, 6.45) is 5.29. The molecule has 1 aliphatic heterocycles. The average molecular weight is 257 g/mol. The van der Waals surface area contributed by atoms with E-state index in [1.165, 1.54) is 12.8 Å². The Kier molecular flexibility index (Phi) is 3.51. The smallest absolute Gasteiger partial charge is 0.253 e. The molecule has 1 fully saturated rings. The number of aromatic amines is 1. The lowest BCUT2D eigenvalue weighted by Gasteiger charge is -2.16. The molecule has 0 radical (unpaired) electrons. The van der Waals surface area contributed by atoms with Crippen LogP contribution in [0.3, 0.4) is 0 Å². The van der Waals surface area contributed by atoms with Crippen molar-refractivity contribution in [1.29, 1.82) is 0 Å². The Labute approximate surface area is 112 Å². The highest BCUT2D eigenvalue weighted by Crippen LogP contribution is 2.17. The van der Waals surface area contributed by atoms with Gasteiger partial charge in [-0.2, -0.15) is 0 Å². The molecule has 19 heavy (non-hydrogen) atoms. The third kappa shape index (κ3) is 2.63. The van der Waals surface area contributed by atoms with Crippen molar-refractivity contribution in [3.8, 4) is 0 Å². The number of fused-ring (bicyclic) bond motifs is 1. The lowest BCUT2D eigenvalue weighted by molar-refractivity contribution is 0.0937. The summed E-state index contributed by atoms with van der Waals surface area (Å²) in [5, 5.41) is 7.58. The number of amides is 1. The van der Waals surface area contributed by atoms with Crippen LogP contribution in [0.2, 0.25) is 0 Å². The van der Waals surface area contributed by atoms with E-state index >= 15 is 0 Å². The number of H-pyrrole nitrogens is 1. The van der Waals surface area contributed by atoms with Gasteiger partial charge in [-0.1, -0.05) is 18.6 Å². The molecule has 1 atom stereocenters. The molecule has 3 N–H and O–H groups in total. The Morgan fingerprint density at radius 2 is 2.21 bits per heavy atom. The monoisotopic (exact) mass is 257 g/mol. The molecule has 0 aliphatic carbocycles. The molecule has 2 heterocycles. The molecule has 1 unspecified atom stereocenters. The molecule has 4 nitrogen and oxygen atoms in total. The third-order valence-electron chi connectivity index (χ3n) is 3.71. The highest BCUT2D eigenvalue weighted by molar-refractivity contribution is 6.05. The number of aromatic nitrogens is 1. The van der Waals surface area contributed by atoms with Gasteiger partial charge in [-0.3, -0.25) is 4.79 Å². The molecule has 4 heteroatoms. The lowest BCUT2D eigenvalue weighted by Crippen LogP contribution is -2.40. The van der Waals surface area contributed by atoms with Crippen LogP contribution in [-0.2, 0) is 0 Å². The zero-order valence-electron chi connectivity index (χ0n) is 10.9. The molecule has 0 bridgehead atoms. The van der Waals surface area contributed by atoms with Gasteiger partial charge in [0.25, 0.3) is 5.91 Å². The van der Waals surface area contributed by atoms with E-state index in [1.807, 2.05) is 30.5 Å². The van der Waals surface area contributed by atoms with E-state index < -0.39 is 0 Å². The summed E-state index contributed by atoms with van der Waals surface area (Å²) >= 11 is 0. The Morgan fingerprint density at radius 3 is 3.16 bits per heavy atom. The summed E-state index contributed by atoms with van der Waals surface area (Å²) in [5.41, 5.74) is 1.65. The number of nitrogens with one attached hydrogen (secondary N) is 3. The van der Waals surface area contributed by atoms with Gasteiger partial charge in [-0.05, 0) is 31.5 Å². The normalized spacial score (nSPS) is 20.1. The maximum Gasteiger partial charge on any atom is 0.253 e. The van der Waals surface area contributed by atoms with Gasteiger partial charge in [0, 0.05) is 24.2 Å². The van der Waals surface area contributed by atoms with E-state index in [0.717, 1.165) is 36.0 Å². The molecule has 0 saturated carbocycles. The summed E-state index contributed by atoms with van der Waals surface area (Å²) < 4.78 is 0. The van der Waals surface area contributed by atoms with E-state index in [9.17, 15) is 4.79 Å². The molecule has 0 spiro atoms. The first-order valence-electron chi connectivity index (χ1n) is 6.92. The maximum atomic E-state index is 12.4. The second-order valence-electron chi connectivity index (χ2n) is 5.12. The third-order valence-corrected chi connectivity index (χ3v) is 3.71. The topological polar surface area (TPSA) is 56.9 Å². The van der Waals surface area contributed by atoms with E-state index in [2.05, 4.69) is 15.6 Å². The van der Waals surface area contributed by atoms with Crippen molar-refractivity contribution in [3.63, 3.8) is 0 Å². The van der Waals surface area contributed by atoms with Crippen LogP contribution in [0.15, 0.2) is 30.5 Å². The Bertz CT molecular complexity index is 568. The highest BCUT2D eigenvalue weighted by Gasteiger charge is 2.17. The van der Waals surface area contributed by atoms with Crippen LogP contribution in [0, 0.1) is 0 Å². The summed E-state index contributed by atoms with van der Waals surface area (Å²) in [7, 11) is 0. The molecule has 2 aromatic rings. The summed E-state index contributed by atoms with van der Waals surface area (Å²) in [6.45, 7) is 1.92. The maximum absolute atomic E-state index is 12.4. The van der Waals surface area contributed by atoms with Gasteiger partial charge in [0.05, 0.1) is 11.1 Å². The largest absolute Gasteiger partial charge is 0.361 e. The number of hydrogen-bond acceptors (Lipinski definition) is 2. The first-order valence-corrected chi connectivity index (χ1v) is 6.92. The summed E-state index contributed by atoms with van der Waals surface area (Å²) in [5.74, 6) is 0.0155. The van der Waals surface area contributed by atoms with Crippen LogP contribution >= 0.6 is 0 Å². The molecular weight excluding hydrogens is 238 g/mol. The van der Waals surface area contributed by atoms with E-state index in [0.29, 0.717) is 0 Å². The first kappa shape index (κ1) is 12.2. The fraction of sp³-hybridized carbons (Fsp3) is 0.400. The summed E-state index contributed by atoms with van der Waals surface area (Å²) in [4.78, 5) is 15.5. The van der Waals surface area contributed by atoms with Crippen LogP contribution < -0.4 is 10.6 Å². The van der Waals surface area contributed by atoms with Gasteiger partial charge in [0.2, 0.25) is 0 Å². The van der Waals surface area contributed by atoms with Crippen LogP contribution in [0.1, 0.15) is 29.6 Å². The van der Waals surface area contributed by atoms with Crippen LogP contribution in [-0.4, -0.2) is 30.0 Å². The van der Waals surface area contributed by atoms with Crippen molar-refractivity contribution in [3.05, 3.63) is 36.0 Å². The lowest BCUT2D eigenvalue weighted by atomic mass is 10.1. The first-order chi connectivity index (χ1) is 9.34. The second kappa shape index (κ2) is 5.45. The fourth-order valence-electron chi connectivity index (χ4n) is 2.68. The Balaban J connectivity index is 1.77. The van der Waals surface area contributed by atoms with Crippen LogP contribution in [0.4, 0.5) is 0 Å². The molecule has 100 valence electrons.